The van der Waals surface area contributed by atoms with Gasteiger partial charge in [-0.05, 0) is 78.7 Å². The highest BCUT2D eigenvalue weighted by molar-refractivity contribution is 8.18. The van der Waals surface area contributed by atoms with Crippen LogP contribution in [0.2, 0.25) is 0 Å². The van der Waals surface area contributed by atoms with Crippen molar-refractivity contribution in [1.29, 1.82) is 0 Å². The van der Waals surface area contributed by atoms with Gasteiger partial charge in [-0.2, -0.15) is 0 Å². The molecule has 40 heavy (non-hydrogen) atoms. The highest BCUT2D eigenvalue weighted by atomic mass is 32.2. The zero-order valence-corrected chi connectivity index (χ0v) is 23.9. The third-order valence-electron chi connectivity index (χ3n) is 7.11. The molecule has 3 aromatic rings. The number of amides is 1. The number of carbonyl (C=O) groups is 1. The highest BCUT2D eigenvalue weighted by Gasteiger charge is 2.38. The van der Waals surface area contributed by atoms with Gasteiger partial charge >= 0.3 is 0 Å². The number of aliphatic imine (C=N–C) groups is 1. The first kappa shape index (κ1) is 27.6. The van der Waals surface area contributed by atoms with Crippen molar-refractivity contribution in [3.8, 4) is 23.0 Å². The van der Waals surface area contributed by atoms with Crippen molar-refractivity contribution >= 4 is 34.6 Å². The maximum absolute atomic E-state index is 13.7. The molecule has 0 aromatic heterocycles. The SMILES string of the molecule is COc1ccc(OC)c(COc2ccc(/C=C3\SC(=Nc4ccccc4)N(C4CCCCC4)C3=O)cc2OC)c1. The zero-order chi connectivity index (χ0) is 27.9. The maximum Gasteiger partial charge on any atom is 0.267 e. The van der Waals surface area contributed by atoms with Gasteiger partial charge in [-0.1, -0.05) is 43.5 Å². The average molecular weight is 559 g/mol. The minimum Gasteiger partial charge on any atom is -0.497 e. The Labute approximate surface area is 239 Å². The van der Waals surface area contributed by atoms with Crippen LogP contribution in [0.25, 0.3) is 6.08 Å². The van der Waals surface area contributed by atoms with Crippen LogP contribution in [0.15, 0.2) is 76.6 Å². The third kappa shape index (κ3) is 6.28. The lowest BCUT2D eigenvalue weighted by Crippen LogP contribution is -2.40. The number of methoxy groups -OCH3 is 3. The maximum atomic E-state index is 13.7. The molecule has 0 atom stereocenters. The number of hydrogen-bond donors (Lipinski definition) is 0. The molecule has 1 aliphatic carbocycles. The smallest absolute Gasteiger partial charge is 0.267 e. The van der Waals surface area contributed by atoms with Crippen LogP contribution in [-0.4, -0.2) is 43.3 Å². The fourth-order valence-corrected chi connectivity index (χ4v) is 6.09. The van der Waals surface area contributed by atoms with E-state index in [1.54, 1.807) is 21.3 Å². The van der Waals surface area contributed by atoms with Crippen molar-refractivity contribution in [3.63, 3.8) is 0 Å². The summed E-state index contributed by atoms with van der Waals surface area (Å²) in [6.07, 6.45) is 7.41. The fraction of sp³-hybridized carbons (Fsp3) is 0.312. The Hall–Kier alpha value is -3.91. The lowest BCUT2D eigenvalue weighted by Gasteiger charge is -2.30. The van der Waals surface area contributed by atoms with Gasteiger partial charge in [0.05, 0.1) is 31.9 Å². The van der Waals surface area contributed by atoms with Gasteiger partial charge < -0.3 is 18.9 Å². The van der Waals surface area contributed by atoms with Crippen LogP contribution in [0, 0.1) is 0 Å². The first-order valence-corrected chi connectivity index (χ1v) is 14.3. The summed E-state index contributed by atoms with van der Waals surface area (Å²) >= 11 is 1.43. The van der Waals surface area contributed by atoms with Gasteiger partial charge in [0.2, 0.25) is 0 Å². The number of rotatable bonds is 9. The van der Waals surface area contributed by atoms with E-state index >= 15 is 0 Å². The van der Waals surface area contributed by atoms with Gasteiger partial charge in [0.15, 0.2) is 16.7 Å². The molecule has 0 bridgehead atoms. The predicted octanol–water partition coefficient (Wildman–Crippen LogP) is 7.23. The zero-order valence-electron chi connectivity index (χ0n) is 23.1. The second-order valence-corrected chi connectivity index (χ2v) is 10.7. The summed E-state index contributed by atoms with van der Waals surface area (Å²) in [7, 11) is 4.86. The van der Waals surface area contributed by atoms with E-state index in [0.717, 1.165) is 53.4 Å². The first-order chi connectivity index (χ1) is 19.6. The van der Waals surface area contributed by atoms with Gasteiger partial charge in [0.1, 0.15) is 18.1 Å². The first-order valence-electron chi connectivity index (χ1n) is 13.5. The molecule has 1 aliphatic heterocycles. The monoisotopic (exact) mass is 558 g/mol. The number of thioether (sulfide) groups is 1. The van der Waals surface area contributed by atoms with Crippen LogP contribution in [0.1, 0.15) is 43.2 Å². The second kappa shape index (κ2) is 13.0. The fourth-order valence-electron chi connectivity index (χ4n) is 5.03. The molecule has 1 saturated heterocycles. The minimum absolute atomic E-state index is 0.0102. The average Bonchev–Trinajstić information content (AvgIpc) is 3.30. The molecule has 2 aliphatic rings. The van der Waals surface area contributed by atoms with E-state index in [2.05, 4.69) is 0 Å². The molecular weight excluding hydrogens is 524 g/mol. The van der Waals surface area contributed by atoms with Crippen molar-refractivity contribution in [2.45, 2.75) is 44.8 Å². The molecule has 0 radical (unpaired) electrons. The molecule has 7 nitrogen and oxygen atoms in total. The third-order valence-corrected chi connectivity index (χ3v) is 8.10. The van der Waals surface area contributed by atoms with Gasteiger partial charge in [-0.25, -0.2) is 4.99 Å². The predicted molar refractivity (Wildman–Crippen MR) is 160 cm³/mol. The Bertz CT molecular complexity index is 1400. The van der Waals surface area contributed by atoms with E-state index in [0.29, 0.717) is 22.2 Å². The van der Waals surface area contributed by atoms with E-state index < -0.39 is 0 Å². The summed E-state index contributed by atoms with van der Waals surface area (Å²) in [6, 6.07) is 21.3. The molecule has 0 N–H and O–H groups in total. The Kier molecular flexibility index (Phi) is 8.96. The molecule has 1 saturated carbocycles. The van der Waals surface area contributed by atoms with Crippen LogP contribution >= 0.6 is 11.8 Å². The molecule has 0 unspecified atom stereocenters. The number of para-hydroxylation sites is 1. The molecule has 2 fully saturated rings. The van der Waals surface area contributed by atoms with Crippen molar-refractivity contribution in [2.75, 3.05) is 21.3 Å². The number of carbonyl (C=O) groups excluding carboxylic acids is 1. The summed E-state index contributed by atoms with van der Waals surface area (Å²) < 4.78 is 22.6. The molecule has 0 spiro atoms. The summed E-state index contributed by atoms with van der Waals surface area (Å²) in [6.45, 7) is 0.279. The van der Waals surface area contributed by atoms with E-state index in [-0.39, 0.29) is 18.6 Å². The van der Waals surface area contributed by atoms with Gasteiger partial charge in [-0.3, -0.25) is 9.69 Å². The molecule has 5 rings (SSSR count). The molecular formula is C32H34N2O5S. The summed E-state index contributed by atoms with van der Waals surface area (Å²) in [4.78, 5) is 21.1. The van der Waals surface area contributed by atoms with Crippen molar-refractivity contribution in [3.05, 3.63) is 82.8 Å². The summed E-state index contributed by atoms with van der Waals surface area (Å²) in [5.41, 5.74) is 2.55. The second-order valence-electron chi connectivity index (χ2n) is 9.68. The number of hydrogen-bond acceptors (Lipinski definition) is 7. The summed E-state index contributed by atoms with van der Waals surface area (Å²) in [5.74, 6) is 2.62. The molecule has 1 heterocycles. The van der Waals surface area contributed by atoms with Crippen LogP contribution in [0.3, 0.4) is 0 Å². The Morgan fingerprint density at radius 2 is 1.62 bits per heavy atom. The summed E-state index contributed by atoms with van der Waals surface area (Å²) in [5, 5.41) is 0.744. The van der Waals surface area contributed by atoms with Gasteiger partial charge in [-0.15, -0.1) is 0 Å². The Morgan fingerprint density at radius 3 is 2.35 bits per heavy atom. The Balaban J connectivity index is 1.39. The van der Waals surface area contributed by atoms with Crippen LogP contribution in [-0.2, 0) is 11.4 Å². The largest absolute Gasteiger partial charge is 0.497 e. The van der Waals surface area contributed by atoms with Crippen molar-refractivity contribution in [2.24, 2.45) is 4.99 Å². The molecule has 1 amide bonds. The number of amidine groups is 1. The van der Waals surface area contributed by atoms with E-state index in [9.17, 15) is 4.79 Å². The lowest BCUT2D eigenvalue weighted by atomic mass is 9.94. The van der Waals surface area contributed by atoms with Gasteiger partial charge in [0, 0.05) is 11.6 Å². The quantitative estimate of drug-likeness (QED) is 0.258. The number of ether oxygens (including phenoxy) is 4. The minimum atomic E-state index is 0.0102. The van der Waals surface area contributed by atoms with Crippen LogP contribution < -0.4 is 18.9 Å². The van der Waals surface area contributed by atoms with Crippen molar-refractivity contribution in [1.82, 2.24) is 4.90 Å². The lowest BCUT2D eigenvalue weighted by molar-refractivity contribution is -0.124. The van der Waals surface area contributed by atoms with E-state index in [1.165, 1.54) is 18.2 Å². The van der Waals surface area contributed by atoms with Crippen molar-refractivity contribution < 1.29 is 23.7 Å². The molecule has 8 heteroatoms. The topological polar surface area (TPSA) is 69.6 Å². The highest BCUT2D eigenvalue weighted by Crippen LogP contribution is 2.39. The van der Waals surface area contributed by atoms with E-state index in [4.69, 9.17) is 23.9 Å². The number of nitrogens with zero attached hydrogens (tertiary/aromatic N) is 2. The van der Waals surface area contributed by atoms with Gasteiger partial charge in [0.25, 0.3) is 5.91 Å². The standard InChI is InChI=1S/C32H34N2O5S/c1-36-26-15-17-27(37-2)23(20-26)21-39-28-16-14-22(18-29(28)38-3)19-30-31(35)34(25-12-8-5-9-13-25)32(40-30)33-24-10-6-4-7-11-24/h4,6-7,10-11,14-20,25H,5,8-9,12-13,21H2,1-3H3/b30-19-,33-32?. The molecule has 3 aromatic carbocycles. The van der Waals surface area contributed by atoms with Crippen LogP contribution in [0.5, 0.6) is 23.0 Å². The van der Waals surface area contributed by atoms with E-state index in [1.807, 2.05) is 77.7 Å². The number of benzene rings is 3. The Morgan fingerprint density at radius 1 is 0.875 bits per heavy atom. The van der Waals surface area contributed by atoms with Crippen LogP contribution in [0.4, 0.5) is 5.69 Å². The molecule has 208 valence electrons. The normalized spacial score (nSPS) is 17.9.